The summed E-state index contributed by atoms with van der Waals surface area (Å²) in [5, 5.41) is 0. The van der Waals surface area contributed by atoms with Gasteiger partial charge in [0.1, 0.15) is 0 Å². The summed E-state index contributed by atoms with van der Waals surface area (Å²) >= 11 is 0. The van der Waals surface area contributed by atoms with E-state index in [9.17, 15) is 0 Å². The molecule has 2 heteroatoms. The lowest BCUT2D eigenvalue weighted by Crippen LogP contribution is -2.18. The summed E-state index contributed by atoms with van der Waals surface area (Å²) in [6.07, 6.45) is 0.191. The molecule has 0 bridgehead atoms. The second kappa shape index (κ2) is 5.78. The van der Waals surface area contributed by atoms with E-state index >= 15 is 0 Å². The number of rotatable bonds is 5. The molecule has 0 saturated carbocycles. The van der Waals surface area contributed by atoms with Crippen molar-refractivity contribution in [1.29, 1.82) is 0 Å². The maximum absolute atomic E-state index is 5.70. The molecule has 0 spiro atoms. The minimum Gasteiger partial charge on any atom is -0.372 e. The predicted molar refractivity (Wildman–Crippen MR) is 59.4 cm³/mol. The van der Waals surface area contributed by atoms with Gasteiger partial charge in [-0.2, -0.15) is 0 Å². The van der Waals surface area contributed by atoms with E-state index in [1.807, 2.05) is 18.2 Å². The zero-order valence-corrected chi connectivity index (χ0v) is 9.23. The van der Waals surface area contributed by atoms with Crippen molar-refractivity contribution in [3.63, 3.8) is 0 Å². The normalized spacial score (nSPS) is 13.1. The molecule has 0 fully saturated rings. The van der Waals surface area contributed by atoms with Crippen molar-refractivity contribution < 1.29 is 4.74 Å². The molecule has 0 amide bonds. The molecule has 0 radical (unpaired) electrons. The molecule has 1 unspecified atom stereocenters. The third-order valence-electron chi connectivity index (χ3n) is 2.18. The number of nitrogens with zero attached hydrogens (tertiary/aromatic N) is 1. The van der Waals surface area contributed by atoms with E-state index in [1.54, 1.807) is 0 Å². The van der Waals surface area contributed by atoms with Gasteiger partial charge in [0, 0.05) is 6.54 Å². The first-order chi connectivity index (χ1) is 6.70. The molecule has 0 saturated heterocycles. The van der Waals surface area contributed by atoms with Crippen LogP contribution in [0.15, 0.2) is 30.3 Å². The van der Waals surface area contributed by atoms with Crippen LogP contribution in [0, 0.1) is 0 Å². The Balaban J connectivity index is 2.32. The van der Waals surface area contributed by atoms with Crippen LogP contribution < -0.4 is 0 Å². The number of benzene rings is 1. The number of likely N-dealkylation sites (N-methyl/N-ethyl adjacent to an activating group) is 1. The van der Waals surface area contributed by atoms with Crippen molar-refractivity contribution in [3.8, 4) is 0 Å². The lowest BCUT2D eigenvalue weighted by atomic mass is 10.1. The Bertz CT molecular complexity index is 246. The molecule has 0 aromatic heterocycles. The van der Waals surface area contributed by atoms with Gasteiger partial charge < -0.3 is 9.64 Å². The first-order valence-electron chi connectivity index (χ1n) is 5.01. The van der Waals surface area contributed by atoms with Crippen molar-refractivity contribution in [2.75, 3.05) is 27.2 Å². The van der Waals surface area contributed by atoms with E-state index in [-0.39, 0.29) is 6.10 Å². The standard InChI is InChI=1S/C12H19NO/c1-11(14-10-9-13(2)3)12-7-5-4-6-8-12/h4-8,11H,9-10H2,1-3H3. The summed E-state index contributed by atoms with van der Waals surface area (Å²) in [6.45, 7) is 3.84. The van der Waals surface area contributed by atoms with E-state index < -0.39 is 0 Å². The summed E-state index contributed by atoms with van der Waals surface area (Å²) in [5.74, 6) is 0. The Morgan fingerprint density at radius 1 is 1.21 bits per heavy atom. The van der Waals surface area contributed by atoms with E-state index in [0.29, 0.717) is 0 Å². The van der Waals surface area contributed by atoms with Gasteiger partial charge in [0.2, 0.25) is 0 Å². The number of hydrogen-bond donors (Lipinski definition) is 0. The third kappa shape index (κ3) is 3.90. The Hall–Kier alpha value is -0.860. The summed E-state index contributed by atoms with van der Waals surface area (Å²) in [7, 11) is 4.10. The minimum atomic E-state index is 0.191. The highest BCUT2D eigenvalue weighted by atomic mass is 16.5. The van der Waals surface area contributed by atoms with Gasteiger partial charge in [0.25, 0.3) is 0 Å². The van der Waals surface area contributed by atoms with Crippen molar-refractivity contribution >= 4 is 0 Å². The molecule has 1 aromatic rings. The second-order valence-corrected chi connectivity index (χ2v) is 3.73. The molecule has 0 N–H and O–H groups in total. The van der Waals surface area contributed by atoms with Gasteiger partial charge in [-0.15, -0.1) is 0 Å². The van der Waals surface area contributed by atoms with E-state index in [0.717, 1.165) is 13.2 Å². The van der Waals surface area contributed by atoms with Crippen LogP contribution >= 0.6 is 0 Å². The van der Waals surface area contributed by atoms with Crippen LogP contribution in [0.25, 0.3) is 0 Å². The van der Waals surface area contributed by atoms with E-state index in [4.69, 9.17) is 4.74 Å². The van der Waals surface area contributed by atoms with Crippen LogP contribution in [-0.2, 0) is 4.74 Å². The zero-order chi connectivity index (χ0) is 10.4. The number of ether oxygens (including phenoxy) is 1. The average Bonchev–Trinajstić information content (AvgIpc) is 2.18. The van der Waals surface area contributed by atoms with Gasteiger partial charge in [-0.3, -0.25) is 0 Å². The van der Waals surface area contributed by atoms with Gasteiger partial charge >= 0.3 is 0 Å². The molecule has 1 atom stereocenters. The molecule has 2 nitrogen and oxygen atoms in total. The van der Waals surface area contributed by atoms with E-state index in [1.165, 1.54) is 5.56 Å². The third-order valence-corrected chi connectivity index (χ3v) is 2.18. The van der Waals surface area contributed by atoms with Crippen molar-refractivity contribution in [2.45, 2.75) is 13.0 Å². The molecular formula is C12H19NO. The summed E-state index contributed by atoms with van der Waals surface area (Å²) in [5.41, 5.74) is 1.24. The maximum atomic E-state index is 5.70. The lowest BCUT2D eigenvalue weighted by molar-refractivity contribution is 0.0555. The van der Waals surface area contributed by atoms with Gasteiger partial charge in [0.05, 0.1) is 12.7 Å². The highest BCUT2D eigenvalue weighted by Gasteiger charge is 2.03. The van der Waals surface area contributed by atoms with Gasteiger partial charge in [-0.05, 0) is 26.6 Å². The molecular weight excluding hydrogens is 174 g/mol. The Morgan fingerprint density at radius 2 is 1.86 bits per heavy atom. The fraction of sp³-hybridized carbons (Fsp3) is 0.500. The molecule has 14 heavy (non-hydrogen) atoms. The van der Waals surface area contributed by atoms with Gasteiger partial charge in [-0.25, -0.2) is 0 Å². The topological polar surface area (TPSA) is 12.5 Å². The van der Waals surface area contributed by atoms with E-state index in [2.05, 4.69) is 38.1 Å². The van der Waals surface area contributed by atoms with Crippen molar-refractivity contribution in [1.82, 2.24) is 4.90 Å². The quantitative estimate of drug-likeness (QED) is 0.711. The molecule has 1 aromatic carbocycles. The first kappa shape index (κ1) is 11.2. The minimum absolute atomic E-state index is 0.191. The van der Waals surface area contributed by atoms with Crippen molar-refractivity contribution in [3.05, 3.63) is 35.9 Å². The summed E-state index contributed by atoms with van der Waals surface area (Å²) < 4.78 is 5.70. The van der Waals surface area contributed by atoms with Crippen LogP contribution in [0.5, 0.6) is 0 Å². The maximum Gasteiger partial charge on any atom is 0.0797 e. The molecule has 78 valence electrons. The monoisotopic (exact) mass is 193 g/mol. The SMILES string of the molecule is CC(OCCN(C)C)c1ccccc1. The second-order valence-electron chi connectivity index (χ2n) is 3.73. The number of hydrogen-bond acceptors (Lipinski definition) is 2. The van der Waals surface area contributed by atoms with Crippen LogP contribution in [-0.4, -0.2) is 32.1 Å². The van der Waals surface area contributed by atoms with Gasteiger partial charge in [-0.1, -0.05) is 30.3 Å². The van der Waals surface area contributed by atoms with Crippen LogP contribution in [0.4, 0.5) is 0 Å². The van der Waals surface area contributed by atoms with Gasteiger partial charge in [0.15, 0.2) is 0 Å². The lowest BCUT2D eigenvalue weighted by Gasteiger charge is -2.15. The fourth-order valence-corrected chi connectivity index (χ4v) is 1.23. The largest absolute Gasteiger partial charge is 0.372 e. The molecule has 0 aliphatic carbocycles. The highest BCUT2D eigenvalue weighted by molar-refractivity contribution is 5.16. The fourth-order valence-electron chi connectivity index (χ4n) is 1.23. The summed E-state index contributed by atoms with van der Waals surface area (Å²) in [6, 6.07) is 10.3. The van der Waals surface area contributed by atoms with Crippen LogP contribution in [0.2, 0.25) is 0 Å². The molecule has 0 aliphatic rings. The predicted octanol–water partition coefficient (Wildman–Crippen LogP) is 2.33. The Kier molecular flexibility index (Phi) is 4.63. The zero-order valence-electron chi connectivity index (χ0n) is 9.23. The van der Waals surface area contributed by atoms with Crippen LogP contribution in [0.1, 0.15) is 18.6 Å². The Labute approximate surface area is 86.5 Å². The molecule has 0 heterocycles. The Morgan fingerprint density at radius 3 is 2.43 bits per heavy atom. The van der Waals surface area contributed by atoms with Crippen molar-refractivity contribution in [2.24, 2.45) is 0 Å². The smallest absolute Gasteiger partial charge is 0.0797 e. The van der Waals surface area contributed by atoms with Crippen LogP contribution in [0.3, 0.4) is 0 Å². The highest BCUT2D eigenvalue weighted by Crippen LogP contribution is 2.15. The molecule has 0 aliphatic heterocycles. The summed E-state index contributed by atoms with van der Waals surface area (Å²) in [4.78, 5) is 2.12. The first-order valence-corrected chi connectivity index (χ1v) is 5.01. The average molecular weight is 193 g/mol. The molecule has 1 rings (SSSR count).